The predicted molar refractivity (Wildman–Crippen MR) is 182 cm³/mol. The van der Waals surface area contributed by atoms with E-state index in [1.807, 2.05) is 43.8 Å². The van der Waals surface area contributed by atoms with E-state index in [1.54, 1.807) is 0 Å². The third kappa shape index (κ3) is 6.15. The molecular weight excluding hydrogens is 558 g/mol. The standard InChI is InChI=1S/C37H41N7O/c1-25(2)35-31-22-28(9-12-33(31)41-36(35)30-13-17-39-37-32(30)23-40-42-37)27-14-18-44(19-15-27)24-26-7-10-29(11-8-26)45-21-20-43(3)34-6-4-5-16-38-34/h4-13,16-17,22-23,25,27,41H,14-15,18-21,24H2,1-3H3,(H,39,40,42). The van der Waals surface area contributed by atoms with E-state index in [-0.39, 0.29) is 0 Å². The Bertz CT molecular complexity index is 1870. The zero-order valence-corrected chi connectivity index (χ0v) is 26.3. The molecule has 0 unspecified atom stereocenters. The molecule has 230 valence electrons. The van der Waals surface area contributed by atoms with Gasteiger partial charge in [0.25, 0.3) is 0 Å². The number of hydrogen-bond acceptors (Lipinski definition) is 6. The Morgan fingerprint density at radius 2 is 1.80 bits per heavy atom. The van der Waals surface area contributed by atoms with E-state index in [0.29, 0.717) is 18.4 Å². The number of ether oxygens (including phenoxy) is 1. The van der Waals surface area contributed by atoms with E-state index in [2.05, 4.69) is 97.3 Å². The molecule has 8 heteroatoms. The van der Waals surface area contributed by atoms with Crippen molar-refractivity contribution in [1.29, 1.82) is 0 Å². The zero-order valence-electron chi connectivity index (χ0n) is 26.3. The summed E-state index contributed by atoms with van der Waals surface area (Å²) in [6.07, 6.45) is 7.89. The van der Waals surface area contributed by atoms with Crippen LogP contribution in [0.5, 0.6) is 5.75 Å². The molecule has 1 saturated heterocycles. The number of likely N-dealkylation sites (tertiary alicyclic amines) is 1. The zero-order chi connectivity index (χ0) is 30.8. The normalized spacial score (nSPS) is 14.5. The molecule has 45 heavy (non-hydrogen) atoms. The minimum atomic E-state index is 0.380. The lowest BCUT2D eigenvalue weighted by molar-refractivity contribution is 0.204. The van der Waals surface area contributed by atoms with Crippen molar-refractivity contribution >= 4 is 27.8 Å². The molecule has 0 aliphatic carbocycles. The number of piperidine rings is 1. The van der Waals surface area contributed by atoms with Crippen molar-refractivity contribution < 1.29 is 4.74 Å². The Morgan fingerprint density at radius 1 is 0.956 bits per heavy atom. The fraction of sp³-hybridized carbons (Fsp3) is 0.324. The fourth-order valence-corrected chi connectivity index (χ4v) is 6.73. The van der Waals surface area contributed by atoms with Gasteiger partial charge in [-0.25, -0.2) is 9.97 Å². The maximum Gasteiger partial charge on any atom is 0.155 e. The van der Waals surface area contributed by atoms with Crippen LogP contribution in [0.15, 0.2) is 85.3 Å². The predicted octanol–water partition coefficient (Wildman–Crippen LogP) is 7.52. The molecule has 8 nitrogen and oxygen atoms in total. The van der Waals surface area contributed by atoms with Crippen molar-refractivity contribution in [2.24, 2.45) is 0 Å². The van der Waals surface area contributed by atoms with Gasteiger partial charge in [0, 0.05) is 47.8 Å². The smallest absolute Gasteiger partial charge is 0.155 e. The second-order valence-electron chi connectivity index (χ2n) is 12.5. The number of rotatable bonds is 10. The topological polar surface area (TPSA) is 86.0 Å². The molecule has 1 fully saturated rings. The average Bonchev–Trinajstić information content (AvgIpc) is 3.71. The summed E-state index contributed by atoms with van der Waals surface area (Å²) in [4.78, 5) is 17.3. The number of hydrogen-bond donors (Lipinski definition) is 2. The molecule has 7 rings (SSSR count). The van der Waals surface area contributed by atoms with Crippen LogP contribution in [-0.4, -0.2) is 63.3 Å². The molecule has 0 saturated carbocycles. The second-order valence-corrected chi connectivity index (χ2v) is 12.5. The molecule has 5 heterocycles. The summed E-state index contributed by atoms with van der Waals surface area (Å²) in [5.41, 5.74) is 8.48. The van der Waals surface area contributed by atoms with E-state index < -0.39 is 0 Å². The molecule has 2 aromatic carbocycles. The van der Waals surface area contributed by atoms with Crippen molar-refractivity contribution in [3.05, 3.63) is 102 Å². The van der Waals surface area contributed by atoms with E-state index in [9.17, 15) is 0 Å². The third-order valence-electron chi connectivity index (χ3n) is 9.19. The van der Waals surface area contributed by atoms with Gasteiger partial charge in [0.05, 0.1) is 18.4 Å². The maximum atomic E-state index is 6.01. The van der Waals surface area contributed by atoms with Crippen molar-refractivity contribution in [2.45, 2.75) is 45.1 Å². The number of benzene rings is 2. The summed E-state index contributed by atoms with van der Waals surface area (Å²) >= 11 is 0. The number of anilines is 1. The van der Waals surface area contributed by atoms with Crippen molar-refractivity contribution in [3.8, 4) is 17.0 Å². The van der Waals surface area contributed by atoms with Crippen LogP contribution < -0.4 is 9.64 Å². The molecule has 0 atom stereocenters. The molecule has 0 spiro atoms. The van der Waals surface area contributed by atoms with Crippen LogP contribution in [0, 0.1) is 0 Å². The first-order chi connectivity index (χ1) is 22.0. The minimum Gasteiger partial charge on any atom is -0.492 e. The van der Waals surface area contributed by atoms with Gasteiger partial charge in [-0.1, -0.05) is 38.1 Å². The van der Waals surface area contributed by atoms with Crippen LogP contribution in [0.2, 0.25) is 0 Å². The van der Waals surface area contributed by atoms with Gasteiger partial charge in [-0.3, -0.25) is 10.00 Å². The molecule has 0 amide bonds. The lowest BCUT2D eigenvalue weighted by atomic mass is 9.87. The summed E-state index contributed by atoms with van der Waals surface area (Å²) in [7, 11) is 2.04. The third-order valence-corrected chi connectivity index (χ3v) is 9.19. The number of aromatic nitrogens is 5. The maximum absolute atomic E-state index is 6.01. The number of likely N-dealkylation sites (N-methyl/N-ethyl adjacent to an activating group) is 1. The summed E-state index contributed by atoms with van der Waals surface area (Å²) in [5.74, 6) is 2.82. The van der Waals surface area contributed by atoms with Gasteiger partial charge in [0.2, 0.25) is 0 Å². The van der Waals surface area contributed by atoms with Gasteiger partial charge in [0.15, 0.2) is 5.65 Å². The van der Waals surface area contributed by atoms with Crippen LogP contribution in [0.3, 0.4) is 0 Å². The molecule has 6 aromatic rings. The number of nitrogens with one attached hydrogen (secondary N) is 2. The quantitative estimate of drug-likeness (QED) is 0.169. The van der Waals surface area contributed by atoms with Crippen LogP contribution in [0.1, 0.15) is 55.2 Å². The summed E-state index contributed by atoms with van der Waals surface area (Å²) in [5, 5.41) is 9.63. The minimum absolute atomic E-state index is 0.380. The van der Waals surface area contributed by atoms with Gasteiger partial charge in [-0.05, 0) is 96.9 Å². The molecule has 1 aliphatic heterocycles. The van der Waals surface area contributed by atoms with Gasteiger partial charge in [0.1, 0.15) is 18.2 Å². The highest BCUT2D eigenvalue weighted by atomic mass is 16.5. The van der Waals surface area contributed by atoms with Gasteiger partial charge in [-0.15, -0.1) is 0 Å². The number of aromatic amines is 2. The fourth-order valence-electron chi connectivity index (χ4n) is 6.73. The van der Waals surface area contributed by atoms with E-state index in [0.717, 1.165) is 54.3 Å². The first-order valence-electron chi connectivity index (χ1n) is 16.0. The molecular formula is C37H41N7O. The van der Waals surface area contributed by atoms with Crippen molar-refractivity contribution in [2.75, 3.05) is 38.2 Å². The average molecular weight is 600 g/mol. The molecule has 4 aromatic heterocycles. The van der Waals surface area contributed by atoms with Gasteiger partial charge < -0.3 is 14.6 Å². The number of H-pyrrole nitrogens is 2. The van der Waals surface area contributed by atoms with Crippen LogP contribution >= 0.6 is 0 Å². The molecule has 0 bridgehead atoms. The molecule has 1 aliphatic rings. The Morgan fingerprint density at radius 3 is 2.58 bits per heavy atom. The van der Waals surface area contributed by atoms with Crippen LogP contribution in [0.25, 0.3) is 33.2 Å². The van der Waals surface area contributed by atoms with E-state index >= 15 is 0 Å². The molecule has 0 radical (unpaired) electrons. The highest BCUT2D eigenvalue weighted by Gasteiger charge is 2.23. The number of pyridine rings is 2. The van der Waals surface area contributed by atoms with Crippen LogP contribution in [-0.2, 0) is 6.54 Å². The summed E-state index contributed by atoms with van der Waals surface area (Å²) < 4.78 is 6.01. The lowest BCUT2D eigenvalue weighted by Crippen LogP contribution is -2.32. The van der Waals surface area contributed by atoms with Crippen molar-refractivity contribution in [3.63, 3.8) is 0 Å². The van der Waals surface area contributed by atoms with Gasteiger partial charge in [-0.2, -0.15) is 5.10 Å². The summed E-state index contributed by atoms with van der Waals surface area (Å²) in [6.45, 7) is 9.15. The monoisotopic (exact) mass is 599 g/mol. The van der Waals surface area contributed by atoms with Gasteiger partial charge >= 0.3 is 0 Å². The lowest BCUT2D eigenvalue weighted by Gasteiger charge is -2.32. The summed E-state index contributed by atoms with van der Waals surface area (Å²) in [6, 6.07) is 23.7. The first-order valence-corrected chi connectivity index (χ1v) is 16.0. The number of nitrogens with zero attached hydrogens (tertiary/aromatic N) is 5. The van der Waals surface area contributed by atoms with Crippen LogP contribution in [0.4, 0.5) is 5.82 Å². The highest BCUT2D eigenvalue weighted by Crippen LogP contribution is 2.40. The Balaban J connectivity index is 0.970. The second kappa shape index (κ2) is 12.7. The van der Waals surface area contributed by atoms with E-state index in [1.165, 1.54) is 46.1 Å². The first kappa shape index (κ1) is 29.0. The Labute approximate surface area is 264 Å². The molecule has 2 N–H and O–H groups in total. The SMILES string of the molecule is CC(C)c1c(-c2ccnc3[nH]ncc23)[nH]c2ccc(C3CCN(Cc4ccc(OCCN(C)c5ccccn5)cc4)CC3)cc12. The Hall–Kier alpha value is -4.69. The highest BCUT2D eigenvalue weighted by molar-refractivity contribution is 5.98. The number of fused-ring (bicyclic) bond motifs is 2. The van der Waals surface area contributed by atoms with E-state index in [4.69, 9.17) is 4.74 Å². The van der Waals surface area contributed by atoms with Crippen molar-refractivity contribution in [1.82, 2.24) is 30.0 Å². The largest absolute Gasteiger partial charge is 0.492 e. The Kier molecular flexibility index (Phi) is 8.22.